The quantitative estimate of drug-likeness (QED) is 0.837. The number of halogens is 3. The minimum absolute atomic E-state index is 0.0962. The predicted molar refractivity (Wildman–Crippen MR) is 80.6 cm³/mol. The number of likely N-dealkylation sites (N-methyl/N-ethyl adjacent to an activating group) is 1. The van der Waals surface area contributed by atoms with Crippen LogP contribution < -0.4 is 5.32 Å². The summed E-state index contributed by atoms with van der Waals surface area (Å²) in [5, 5.41) is 3.15. The van der Waals surface area contributed by atoms with Gasteiger partial charge in [0, 0.05) is 16.1 Å². The number of nitrogens with one attached hydrogen (secondary N) is 1. The maximum absolute atomic E-state index is 14.1. The lowest BCUT2D eigenvalue weighted by atomic mass is 9.98. The molecule has 0 saturated carbocycles. The zero-order valence-corrected chi connectivity index (χ0v) is 12.8. The molecule has 20 heavy (non-hydrogen) atoms. The monoisotopic (exact) mass is 339 g/mol. The predicted octanol–water partition coefficient (Wildman–Crippen LogP) is 4.62. The molecule has 1 N–H and O–H groups in total. The topological polar surface area (TPSA) is 12.0 Å². The van der Waals surface area contributed by atoms with Gasteiger partial charge in [0.05, 0.1) is 0 Å². The largest absolute Gasteiger partial charge is 0.310 e. The Morgan fingerprint density at radius 3 is 2.25 bits per heavy atom. The number of hydrogen-bond donors (Lipinski definition) is 1. The first-order valence-corrected chi connectivity index (χ1v) is 7.33. The summed E-state index contributed by atoms with van der Waals surface area (Å²) in [6, 6.07) is 11.9. The van der Waals surface area contributed by atoms with Gasteiger partial charge in [0.25, 0.3) is 0 Å². The molecule has 2 rings (SSSR count). The van der Waals surface area contributed by atoms with Crippen molar-refractivity contribution < 1.29 is 8.78 Å². The third kappa shape index (κ3) is 3.64. The van der Waals surface area contributed by atoms with Crippen molar-refractivity contribution in [1.82, 2.24) is 5.32 Å². The summed E-state index contributed by atoms with van der Waals surface area (Å²) in [6.45, 7) is 2.57. The van der Waals surface area contributed by atoms with Crippen LogP contribution in [0.15, 0.2) is 46.9 Å². The molecule has 1 atom stereocenters. The third-order valence-electron chi connectivity index (χ3n) is 3.13. The molecular weight excluding hydrogens is 324 g/mol. The zero-order valence-electron chi connectivity index (χ0n) is 11.2. The highest BCUT2D eigenvalue weighted by molar-refractivity contribution is 9.10. The molecule has 0 fully saturated rings. The van der Waals surface area contributed by atoms with Crippen LogP contribution in [0, 0.1) is 11.6 Å². The second-order valence-electron chi connectivity index (χ2n) is 4.58. The van der Waals surface area contributed by atoms with E-state index in [1.165, 1.54) is 12.1 Å². The fourth-order valence-corrected chi connectivity index (χ4v) is 2.66. The van der Waals surface area contributed by atoms with Crippen LogP contribution in [0.25, 0.3) is 0 Å². The van der Waals surface area contributed by atoms with E-state index in [0.29, 0.717) is 17.4 Å². The minimum atomic E-state index is -0.529. The average Bonchev–Trinajstić information content (AvgIpc) is 2.39. The van der Waals surface area contributed by atoms with Crippen LogP contribution in [0.1, 0.15) is 24.1 Å². The highest BCUT2D eigenvalue weighted by Crippen LogP contribution is 2.27. The van der Waals surface area contributed by atoms with Gasteiger partial charge in [0.2, 0.25) is 0 Å². The second-order valence-corrected chi connectivity index (χ2v) is 5.50. The van der Waals surface area contributed by atoms with Crippen molar-refractivity contribution in [3.05, 3.63) is 69.7 Å². The molecule has 1 nitrogen and oxygen atoms in total. The fourth-order valence-electron chi connectivity index (χ4n) is 2.26. The van der Waals surface area contributed by atoms with Gasteiger partial charge in [0.15, 0.2) is 0 Å². The van der Waals surface area contributed by atoms with E-state index >= 15 is 0 Å². The summed E-state index contributed by atoms with van der Waals surface area (Å²) < 4.78 is 28.6. The van der Waals surface area contributed by atoms with Gasteiger partial charge in [-0.15, -0.1) is 0 Å². The standard InChI is InChI=1S/C16H16BrF2N/c1-2-20-15(8-11-6-4-3-5-7-11)16-13(18)9-12(17)10-14(16)19/h3-7,9-10,15,20H,2,8H2,1H3. The molecule has 0 saturated heterocycles. The molecule has 2 aromatic carbocycles. The third-order valence-corrected chi connectivity index (χ3v) is 3.58. The van der Waals surface area contributed by atoms with E-state index in [1.54, 1.807) is 0 Å². The van der Waals surface area contributed by atoms with Crippen LogP contribution in [0.4, 0.5) is 8.78 Å². The maximum atomic E-state index is 14.1. The van der Waals surface area contributed by atoms with Gasteiger partial charge in [-0.05, 0) is 30.7 Å². The van der Waals surface area contributed by atoms with E-state index in [4.69, 9.17) is 0 Å². The van der Waals surface area contributed by atoms with E-state index in [9.17, 15) is 8.78 Å². The number of hydrogen-bond acceptors (Lipinski definition) is 1. The second kappa shape index (κ2) is 6.95. The average molecular weight is 340 g/mol. The molecule has 0 aromatic heterocycles. The van der Waals surface area contributed by atoms with Crippen molar-refractivity contribution in [2.45, 2.75) is 19.4 Å². The van der Waals surface area contributed by atoms with E-state index in [0.717, 1.165) is 5.56 Å². The number of rotatable bonds is 5. The molecule has 0 aliphatic rings. The fraction of sp³-hybridized carbons (Fsp3) is 0.250. The van der Waals surface area contributed by atoms with Gasteiger partial charge < -0.3 is 5.32 Å². The van der Waals surface area contributed by atoms with Gasteiger partial charge in [-0.3, -0.25) is 0 Å². The Kier molecular flexibility index (Phi) is 5.26. The van der Waals surface area contributed by atoms with Crippen molar-refractivity contribution in [3.63, 3.8) is 0 Å². The van der Waals surface area contributed by atoms with Gasteiger partial charge in [-0.1, -0.05) is 53.2 Å². The zero-order chi connectivity index (χ0) is 14.5. The Morgan fingerprint density at radius 2 is 1.70 bits per heavy atom. The van der Waals surface area contributed by atoms with E-state index < -0.39 is 11.6 Å². The minimum Gasteiger partial charge on any atom is -0.310 e. The van der Waals surface area contributed by atoms with Crippen LogP contribution in [-0.2, 0) is 6.42 Å². The summed E-state index contributed by atoms with van der Waals surface area (Å²) in [4.78, 5) is 0. The normalized spacial score (nSPS) is 12.4. The van der Waals surface area contributed by atoms with E-state index in [2.05, 4.69) is 21.2 Å². The van der Waals surface area contributed by atoms with Crippen molar-refractivity contribution in [2.75, 3.05) is 6.54 Å². The first kappa shape index (κ1) is 15.1. The summed E-state index contributed by atoms with van der Waals surface area (Å²) in [5.41, 5.74) is 1.14. The molecule has 0 aliphatic carbocycles. The molecule has 0 amide bonds. The molecule has 0 radical (unpaired) electrons. The van der Waals surface area contributed by atoms with Crippen molar-refractivity contribution >= 4 is 15.9 Å². The lowest BCUT2D eigenvalue weighted by molar-refractivity contribution is 0.472. The molecule has 0 bridgehead atoms. The molecule has 0 spiro atoms. The first-order valence-electron chi connectivity index (χ1n) is 6.53. The molecule has 0 aliphatic heterocycles. The Morgan fingerprint density at radius 1 is 1.10 bits per heavy atom. The van der Waals surface area contributed by atoms with E-state index in [1.807, 2.05) is 37.3 Å². The van der Waals surface area contributed by atoms with Gasteiger partial charge in [0.1, 0.15) is 11.6 Å². The highest BCUT2D eigenvalue weighted by Gasteiger charge is 2.20. The van der Waals surface area contributed by atoms with Crippen molar-refractivity contribution in [2.24, 2.45) is 0 Å². The van der Waals surface area contributed by atoms with E-state index in [-0.39, 0.29) is 11.6 Å². The van der Waals surface area contributed by atoms with Crippen LogP contribution in [-0.4, -0.2) is 6.54 Å². The molecule has 4 heteroatoms. The Bertz CT molecular complexity index is 549. The van der Waals surface area contributed by atoms with Crippen molar-refractivity contribution in [1.29, 1.82) is 0 Å². The Hall–Kier alpha value is -1.26. The summed E-state index contributed by atoms with van der Waals surface area (Å²) >= 11 is 3.10. The number of benzene rings is 2. The molecule has 2 aromatic rings. The Labute approximate surface area is 126 Å². The van der Waals surface area contributed by atoms with Crippen LogP contribution in [0.3, 0.4) is 0 Å². The van der Waals surface area contributed by atoms with Crippen molar-refractivity contribution in [3.8, 4) is 0 Å². The first-order chi connectivity index (χ1) is 9.61. The van der Waals surface area contributed by atoms with Gasteiger partial charge >= 0.3 is 0 Å². The molecule has 0 heterocycles. The molecule has 106 valence electrons. The highest BCUT2D eigenvalue weighted by atomic mass is 79.9. The Balaban J connectivity index is 2.34. The van der Waals surface area contributed by atoms with Crippen LogP contribution in [0.2, 0.25) is 0 Å². The lowest BCUT2D eigenvalue weighted by Crippen LogP contribution is -2.25. The van der Waals surface area contributed by atoms with Crippen LogP contribution in [0.5, 0.6) is 0 Å². The van der Waals surface area contributed by atoms with Gasteiger partial charge in [-0.25, -0.2) is 8.78 Å². The van der Waals surface area contributed by atoms with Gasteiger partial charge in [-0.2, -0.15) is 0 Å². The molecular formula is C16H16BrF2N. The summed E-state index contributed by atoms with van der Waals surface area (Å²) in [6.07, 6.45) is 0.546. The molecule has 1 unspecified atom stereocenters. The lowest BCUT2D eigenvalue weighted by Gasteiger charge is -2.20. The maximum Gasteiger partial charge on any atom is 0.132 e. The summed E-state index contributed by atoms with van der Waals surface area (Å²) in [7, 11) is 0. The van der Waals surface area contributed by atoms with Crippen LogP contribution >= 0.6 is 15.9 Å². The summed E-state index contributed by atoms with van der Waals surface area (Å²) in [5.74, 6) is -1.06. The smallest absolute Gasteiger partial charge is 0.132 e. The SMILES string of the molecule is CCNC(Cc1ccccc1)c1c(F)cc(Br)cc1F.